The van der Waals surface area contributed by atoms with Gasteiger partial charge in [-0.3, -0.25) is 0 Å². The van der Waals surface area contributed by atoms with Gasteiger partial charge < -0.3 is 0 Å². The largest absolute Gasteiger partial charge is 0.224 e. The van der Waals surface area contributed by atoms with Gasteiger partial charge in [0.1, 0.15) is 0 Å². The van der Waals surface area contributed by atoms with E-state index in [1.165, 1.54) is 32.1 Å². The van der Waals surface area contributed by atoms with Crippen LogP contribution in [0.1, 0.15) is 58.3 Å². The van der Waals surface area contributed by atoms with Crippen molar-refractivity contribution >= 4 is 41.7 Å². The summed E-state index contributed by atoms with van der Waals surface area (Å²) in [5, 5.41) is 0. The Balaban J connectivity index is 2.35. The first-order valence-electron chi connectivity index (χ1n) is 7.65. The fourth-order valence-corrected chi connectivity index (χ4v) is 5.23. The second-order valence-corrected chi connectivity index (χ2v) is 9.22. The Morgan fingerprint density at radius 3 is 2.10 bits per heavy atom. The molecule has 0 radical (unpaired) electrons. The van der Waals surface area contributed by atoms with Crippen molar-refractivity contribution in [1.82, 2.24) is 0 Å². The van der Waals surface area contributed by atoms with Crippen molar-refractivity contribution in [2.24, 2.45) is 0 Å². The number of benzene rings is 1. The van der Waals surface area contributed by atoms with Crippen molar-refractivity contribution in [3.05, 3.63) is 27.1 Å². The Kier molecular flexibility index (Phi) is 9.14. The molecule has 0 unspecified atom stereocenters. The molecule has 0 atom stereocenters. The maximum absolute atomic E-state index is 12.3. The van der Waals surface area contributed by atoms with E-state index in [0.29, 0.717) is 9.37 Å². The summed E-state index contributed by atoms with van der Waals surface area (Å²) in [6.07, 6.45) is 9.26. The van der Waals surface area contributed by atoms with Crippen LogP contribution < -0.4 is 0 Å². The smallest absolute Gasteiger partial charge is 0.179 e. The van der Waals surface area contributed by atoms with Crippen LogP contribution in [0.15, 0.2) is 32.0 Å². The highest BCUT2D eigenvalue weighted by atomic mass is 79.9. The van der Waals surface area contributed by atoms with Crippen LogP contribution in [0.3, 0.4) is 0 Å². The maximum Gasteiger partial charge on any atom is 0.179 e. The van der Waals surface area contributed by atoms with E-state index in [2.05, 4.69) is 38.8 Å². The normalized spacial score (nSPS) is 11.8. The molecule has 0 saturated heterocycles. The van der Waals surface area contributed by atoms with Gasteiger partial charge in [0.2, 0.25) is 0 Å². The third-order valence-electron chi connectivity index (χ3n) is 3.49. The molecule has 0 bridgehead atoms. The van der Waals surface area contributed by atoms with Gasteiger partial charge in [0.15, 0.2) is 9.84 Å². The van der Waals surface area contributed by atoms with Gasteiger partial charge in [0, 0.05) is 8.95 Å². The second-order valence-electron chi connectivity index (χ2n) is 5.37. The summed E-state index contributed by atoms with van der Waals surface area (Å²) < 4.78 is 26.1. The molecule has 120 valence electrons. The lowest BCUT2D eigenvalue weighted by Gasteiger charge is -2.07. The first-order chi connectivity index (χ1) is 9.97. The number of hydrogen-bond donors (Lipinski definition) is 0. The number of sulfone groups is 1. The molecule has 0 aromatic heterocycles. The molecule has 1 aromatic carbocycles. The molecule has 0 fully saturated rings. The van der Waals surface area contributed by atoms with Crippen LogP contribution in [0.25, 0.3) is 0 Å². The van der Waals surface area contributed by atoms with Crippen LogP contribution in [-0.4, -0.2) is 14.2 Å². The Morgan fingerprint density at radius 2 is 1.48 bits per heavy atom. The minimum atomic E-state index is -3.19. The van der Waals surface area contributed by atoms with E-state index in [4.69, 9.17) is 0 Å². The molecule has 0 aliphatic carbocycles. The monoisotopic (exact) mass is 438 g/mol. The van der Waals surface area contributed by atoms with Crippen LogP contribution in [0, 0.1) is 0 Å². The highest BCUT2D eigenvalue weighted by Crippen LogP contribution is 2.27. The Labute approximate surface area is 145 Å². The molecule has 0 saturated carbocycles. The minimum absolute atomic E-state index is 0.233. The van der Waals surface area contributed by atoms with Gasteiger partial charge >= 0.3 is 0 Å². The van der Waals surface area contributed by atoms with Crippen molar-refractivity contribution in [1.29, 1.82) is 0 Å². The topological polar surface area (TPSA) is 34.1 Å². The van der Waals surface area contributed by atoms with E-state index in [1.54, 1.807) is 12.1 Å². The molecule has 2 nitrogen and oxygen atoms in total. The van der Waals surface area contributed by atoms with Gasteiger partial charge in [-0.25, -0.2) is 8.42 Å². The zero-order chi connectivity index (χ0) is 15.7. The highest BCUT2D eigenvalue weighted by Gasteiger charge is 2.17. The third-order valence-corrected chi connectivity index (χ3v) is 6.78. The number of hydrogen-bond acceptors (Lipinski definition) is 2. The Hall–Kier alpha value is 0.130. The molecule has 21 heavy (non-hydrogen) atoms. The zero-order valence-electron chi connectivity index (χ0n) is 12.6. The van der Waals surface area contributed by atoms with Crippen molar-refractivity contribution in [3.63, 3.8) is 0 Å². The summed E-state index contributed by atoms with van der Waals surface area (Å²) in [6, 6.07) is 5.27. The SMILES string of the molecule is CCCCCCCCCCS(=O)(=O)c1cc(Br)ccc1Br. The minimum Gasteiger partial charge on any atom is -0.224 e. The summed E-state index contributed by atoms with van der Waals surface area (Å²) in [6.45, 7) is 2.21. The lowest BCUT2D eigenvalue weighted by atomic mass is 10.1. The fraction of sp³-hybridized carbons (Fsp3) is 0.625. The maximum atomic E-state index is 12.3. The van der Waals surface area contributed by atoms with Crippen LogP contribution in [0.4, 0.5) is 0 Å². The summed E-state index contributed by atoms with van der Waals surface area (Å²) >= 11 is 6.65. The fourth-order valence-electron chi connectivity index (χ4n) is 2.25. The van der Waals surface area contributed by atoms with E-state index in [1.807, 2.05) is 6.07 Å². The molecule has 1 rings (SSSR count). The number of unbranched alkanes of at least 4 members (excludes halogenated alkanes) is 7. The molecular weight excluding hydrogens is 416 g/mol. The van der Waals surface area contributed by atoms with Crippen LogP contribution >= 0.6 is 31.9 Å². The van der Waals surface area contributed by atoms with Crippen molar-refractivity contribution in [2.75, 3.05) is 5.75 Å². The predicted octanol–water partition coefficient (Wildman–Crippen LogP) is 6.13. The van der Waals surface area contributed by atoms with Crippen LogP contribution in [0.5, 0.6) is 0 Å². The zero-order valence-corrected chi connectivity index (χ0v) is 16.6. The molecule has 0 aliphatic heterocycles. The average molecular weight is 440 g/mol. The van der Waals surface area contributed by atoms with Crippen LogP contribution in [0.2, 0.25) is 0 Å². The van der Waals surface area contributed by atoms with Gasteiger partial charge in [-0.1, -0.05) is 67.8 Å². The Morgan fingerprint density at radius 1 is 0.905 bits per heavy atom. The lowest BCUT2D eigenvalue weighted by molar-refractivity contribution is 0.572. The van der Waals surface area contributed by atoms with Gasteiger partial charge in [0.05, 0.1) is 10.6 Å². The van der Waals surface area contributed by atoms with E-state index in [0.717, 1.165) is 23.7 Å². The van der Waals surface area contributed by atoms with Gasteiger partial charge in [-0.05, 0) is 40.5 Å². The predicted molar refractivity (Wildman–Crippen MR) is 96.5 cm³/mol. The van der Waals surface area contributed by atoms with E-state index in [9.17, 15) is 8.42 Å². The van der Waals surface area contributed by atoms with E-state index in [-0.39, 0.29) is 5.75 Å². The van der Waals surface area contributed by atoms with Gasteiger partial charge in [-0.2, -0.15) is 0 Å². The number of rotatable bonds is 10. The number of halogens is 2. The molecule has 0 heterocycles. The van der Waals surface area contributed by atoms with E-state index >= 15 is 0 Å². The second kappa shape index (κ2) is 10.0. The lowest BCUT2D eigenvalue weighted by Crippen LogP contribution is -2.07. The third kappa shape index (κ3) is 7.29. The molecular formula is C16H24Br2O2S. The van der Waals surface area contributed by atoms with Crippen molar-refractivity contribution < 1.29 is 8.42 Å². The molecule has 5 heteroatoms. The molecule has 0 N–H and O–H groups in total. The van der Waals surface area contributed by atoms with Gasteiger partial charge in [-0.15, -0.1) is 0 Å². The quantitative estimate of drug-likeness (QED) is 0.411. The summed E-state index contributed by atoms with van der Waals surface area (Å²) in [4.78, 5) is 0.389. The van der Waals surface area contributed by atoms with Crippen molar-refractivity contribution in [3.8, 4) is 0 Å². The molecule has 0 aliphatic rings. The summed E-state index contributed by atoms with van der Waals surface area (Å²) in [7, 11) is -3.19. The average Bonchev–Trinajstić information content (AvgIpc) is 2.44. The Bertz CT molecular complexity index is 527. The molecule has 1 aromatic rings. The molecule has 0 spiro atoms. The van der Waals surface area contributed by atoms with Crippen LogP contribution in [-0.2, 0) is 9.84 Å². The van der Waals surface area contributed by atoms with Crippen molar-refractivity contribution in [2.45, 2.75) is 63.2 Å². The van der Waals surface area contributed by atoms with E-state index < -0.39 is 9.84 Å². The summed E-state index contributed by atoms with van der Waals surface area (Å²) in [5.74, 6) is 0.233. The first kappa shape index (κ1) is 19.2. The summed E-state index contributed by atoms with van der Waals surface area (Å²) in [5.41, 5.74) is 0. The molecule has 0 amide bonds. The van der Waals surface area contributed by atoms with Gasteiger partial charge in [0.25, 0.3) is 0 Å². The first-order valence-corrected chi connectivity index (χ1v) is 10.9. The standard InChI is InChI=1S/C16H24Br2O2S/c1-2-3-4-5-6-7-8-9-12-21(19,20)16-13-14(17)10-11-15(16)18/h10-11,13H,2-9,12H2,1H3. The highest BCUT2D eigenvalue weighted by molar-refractivity contribution is 9.11.